The van der Waals surface area contributed by atoms with Gasteiger partial charge in [0.15, 0.2) is 0 Å². The predicted octanol–water partition coefficient (Wildman–Crippen LogP) is 5.32. The fourth-order valence-electron chi connectivity index (χ4n) is 2.76. The van der Waals surface area contributed by atoms with E-state index in [-0.39, 0.29) is 0 Å². The van der Waals surface area contributed by atoms with Crippen molar-refractivity contribution in [2.45, 2.75) is 27.2 Å². The Morgan fingerprint density at radius 3 is 2.67 bits per heavy atom. The SMILES string of the molecule is CCC(=Nc1c[nH]c2ccccc12)c1ccc(C)cc1C. The second-order valence-corrected chi connectivity index (χ2v) is 5.45. The van der Waals surface area contributed by atoms with Crippen molar-refractivity contribution in [2.75, 3.05) is 0 Å². The Hall–Kier alpha value is -2.35. The first kappa shape index (κ1) is 13.6. The maximum Gasteiger partial charge on any atom is 0.0886 e. The van der Waals surface area contributed by atoms with E-state index in [1.165, 1.54) is 22.1 Å². The minimum Gasteiger partial charge on any atom is -0.359 e. The number of hydrogen-bond acceptors (Lipinski definition) is 1. The van der Waals surface area contributed by atoms with Crippen LogP contribution in [0.2, 0.25) is 0 Å². The van der Waals surface area contributed by atoms with Crippen LogP contribution in [0.3, 0.4) is 0 Å². The van der Waals surface area contributed by atoms with Gasteiger partial charge in [-0.25, -0.2) is 0 Å². The molecule has 2 heteroatoms. The molecule has 0 spiro atoms. The molecule has 1 heterocycles. The van der Waals surface area contributed by atoms with Gasteiger partial charge in [-0.05, 0) is 37.5 Å². The fraction of sp³-hybridized carbons (Fsp3) is 0.211. The van der Waals surface area contributed by atoms with E-state index in [1.54, 1.807) is 0 Å². The number of rotatable bonds is 3. The first-order valence-corrected chi connectivity index (χ1v) is 7.40. The smallest absolute Gasteiger partial charge is 0.0886 e. The number of aliphatic imine (C=N–C) groups is 1. The van der Waals surface area contributed by atoms with Gasteiger partial charge in [-0.2, -0.15) is 0 Å². The molecule has 21 heavy (non-hydrogen) atoms. The minimum atomic E-state index is 0.920. The third kappa shape index (κ3) is 2.62. The zero-order valence-corrected chi connectivity index (χ0v) is 12.8. The van der Waals surface area contributed by atoms with Gasteiger partial charge >= 0.3 is 0 Å². The summed E-state index contributed by atoms with van der Waals surface area (Å²) in [5.74, 6) is 0. The molecule has 2 nitrogen and oxygen atoms in total. The fourth-order valence-corrected chi connectivity index (χ4v) is 2.76. The summed E-state index contributed by atoms with van der Waals surface area (Å²) in [6.45, 7) is 6.44. The van der Waals surface area contributed by atoms with Crippen LogP contribution in [-0.4, -0.2) is 10.7 Å². The lowest BCUT2D eigenvalue weighted by Crippen LogP contribution is -2.01. The molecule has 106 valence electrons. The van der Waals surface area contributed by atoms with E-state index in [1.807, 2.05) is 12.3 Å². The summed E-state index contributed by atoms with van der Waals surface area (Å²) in [4.78, 5) is 8.20. The molecule has 2 aromatic carbocycles. The molecular weight excluding hydrogens is 256 g/mol. The zero-order chi connectivity index (χ0) is 14.8. The molecule has 0 bridgehead atoms. The van der Waals surface area contributed by atoms with Crippen LogP contribution in [0.15, 0.2) is 53.7 Å². The number of benzene rings is 2. The Morgan fingerprint density at radius 1 is 1.10 bits per heavy atom. The normalized spacial score (nSPS) is 12.0. The number of H-pyrrole nitrogens is 1. The molecule has 1 N–H and O–H groups in total. The standard InChI is InChI=1S/C19H20N2/c1-4-17(15-10-9-13(2)11-14(15)3)21-19-12-20-18-8-6-5-7-16(18)19/h5-12,20H,4H2,1-3H3. The second-order valence-electron chi connectivity index (χ2n) is 5.45. The highest BCUT2D eigenvalue weighted by atomic mass is 14.8. The molecule has 0 fully saturated rings. The highest BCUT2D eigenvalue weighted by Gasteiger charge is 2.08. The Balaban J connectivity index is 2.10. The topological polar surface area (TPSA) is 28.1 Å². The van der Waals surface area contributed by atoms with Crippen LogP contribution in [0.5, 0.6) is 0 Å². The predicted molar refractivity (Wildman–Crippen MR) is 90.7 cm³/mol. The third-order valence-electron chi connectivity index (χ3n) is 3.85. The van der Waals surface area contributed by atoms with Gasteiger partial charge < -0.3 is 4.98 Å². The lowest BCUT2D eigenvalue weighted by atomic mass is 10.00. The van der Waals surface area contributed by atoms with Crippen molar-refractivity contribution < 1.29 is 0 Å². The summed E-state index contributed by atoms with van der Waals surface area (Å²) in [6.07, 6.45) is 2.91. The summed E-state index contributed by atoms with van der Waals surface area (Å²) in [7, 11) is 0. The molecule has 0 saturated carbocycles. The summed E-state index contributed by atoms with van der Waals surface area (Å²) >= 11 is 0. The molecule has 0 aliphatic rings. The number of para-hydroxylation sites is 1. The molecular formula is C19H20N2. The third-order valence-corrected chi connectivity index (χ3v) is 3.85. The van der Waals surface area contributed by atoms with Crippen LogP contribution in [0.25, 0.3) is 10.9 Å². The minimum absolute atomic E-state index is 0.920. The molecule has 0 aliphatic heterocycles. The van der Waals surface area contributed by atoms with Crippen LogP contribution in [0.4, 0.5) is 5.69 Å². The molecule has 0 saturated heterocycles. The summed E-state index contributed by atoms with van der Waals surface area (Å²) in [6, 6.07) is 14.8. The van der Waals surface area contributed by atoms with E-state index in [4.69, 9.17) is 4.99 Å². The van der Waals surface area contributed by atoms with Crippen molar-refractivity contribution in [3.63, 3.8) is 0 Å². The summed E-state index contributed by atoms with van der Waals surface area (Å²) in [5, 5.41) is 1.17. The number of nitrogens with one attached hydrogen (secondary N) is 1. The van der Waals surface area contributed by atoms with Gasteiger partial charge in [0.1, 0.15) is 0 Å². The lowest BCUT2D eigenvalue weighted by Gasteiger charge is -2.08. The van der Waals surface area contributed by atoms with Gasteiger partial charge in [0.25, 0.3) is 0 Å². The molecule has 0 unspecified atom stereocenters. The van der Waals surface area contributed by atoms with Crippen molar-refractivity contribution in [3.05, 3.63) is 65.4 Å². The molecule has 0 atom stereocenters. The van der Waals surface area contributed by atoms with Crippen LogP contribution in [0.1, 0.15) is 30.0 Å². The van der Waals surface area contributed by atoms with Gasteiger partial charge in [-0.3, -0.25) is 4.99 Å². The number of aromatic amines is 1. The number of hydrogen-bond donors (Lipinski definition) is 1. The van der Waals surface area contributed by atoms with Gasteiger partial charge in [-0.15, -0.1) is 0 Å². The monoisotopic (exact) mass is 276 g/mol. The van der Waals surface area contributed by atoms with E-state index >= 15 is 0 Å². The average Bonchev–Trinajstić information content (AvgIpc) is 2.89. The molecule has 0 radical (unpaired) electrons. The first-order chi connectivity index (χ1) is 10.2. The van der Waals surface area contributed by atoms with E-state index in [0.717, 1.165) is 23.3 Å². The molecule has 1 aromatic heterocycles. The first-order valence-electron chi connectivity index (χ1n) is 7.40. The maximum absolute atomic E-state index is 4.91. The lowest BCUT2D eigenvalue weighted by molar-refractivity contribution is 1.24. The van der Waals surface area contributed by atoms with Crippen LogP contribution < -0.4 is 0 Å². The number of nitrogens with zero attached hydrogens (tertiary/aromatic N) is 1. The Kier molecular flexibility index (Phi) is 3.61. The second kappa shape index (κ2) is 5.57. The number of aryl methyl sites for hydroxylation is 2. The average molecular weight is 276 g/mol. The number of fused-ring (bicyclic) bond motifs is 1. The van der Waals surface area contributed by atoms with Gasteiger partial charge in [0.05, 0.1) is 5.69 Å². The Bertz CT molecular complexity index is 809. The van der Waals surface area contributed by atoms with Crippen molar-refractivity contribution >= 4 is 22.3 Å². The molecule has 3 aromatic rings. The van der Waals surface area contributed by atoms with E-state index in [9.17, 15) is 0 Å². The largest absolute Gasteiger partial charge is 0.359 e. The summed E-state index contributed by atoms with van der Waals surface area (Å²) in [5.41, 5.74) is 7.11. The molecule has 3 rings (SSSR count). The van der Waals surface area contributed by atoms with E-state index in [0.29, 0.717) is 0 Å². The highest BCUT2D eigenvalue weighted by molar-refractivity contribution is 6.05. The van der Waals surface area contributed by atoms with Gasteiger partial charge in [0.2, 0.25) is 0 Å². The Morgan fingerprint density at radius 2 is 1.90 bits per heavy atom. The van der Waals surface area contributed by atoms with Crippen molar-refractivity contribution in [1.29, 1.82) is 0 Å². The number of aromatic nitrogens is 1. The van der Waals surface area contributed by atoms with Crippen molar-refractivity contribution in [3.8, 4) is 0 Å². The van der Waals surface area contributed by atoms with Crippen molar-refractivity contribution in [2.24, 2.45) is 4.99 Å². The highest BCUT2D eigenvalue weighted by Crippen LogP contribution is 2.27. The maximum atomic E-state index is 4.91. The van der Waals surface area contributed by atoms with Crippen LogP contribution in [0, 0.1) is 13.8 Å². The molecule has 0 aliphatic carbocycles. The van der Waals surface area contributed by atoms with E-state index in [2.05, 4.69) is 62.2 Å². The van der Waals surface area contributed by atoms with Crippen molar-refractivity contribution in [1.82, 2.24) is 4.98 Å². The van der Waals surface area contributed by atoms with Gasteiger partial charge in [0, 0.05) is 22.8 Å². The van der Waals surface area contributed by atoms with E-state index < -0.39 is 0 Å². The molecule has 0 amide bonds. The zero-order valence-electron chi connectivity index (χ0n) is 12.8. The van der Waals surface area contributed by atoms with Gasteiger partial charge in [-0.1, -0.05) is 48.9 Å². The quantitative estimate of drug-likeness (QED) is 0.627. The Labute approximate surface area is 125 Å². The van der Waals surface area contributed by atoms with Crippen LogP contribution in [-0.2, 0) is 0 Å². The van der Waals surface area contributed by atoms with Crippen LogP contribution >= 0.6 is 0 Å². The summed E-state index contributed by atoms with van der Waals surface area (Å²) < 4.78 is 0.